The summed E-state index contributed by atoms with van der Waals surface area (Å²) >= 11 is 0. The summed E-state index contributed by atoms with van der Waals surface area (Å²) in [6.07, 6.45) is 1.48. The number of anilines is 1. The van der Waals surface area contributed by atoms with Crippen LogP contribution in [0.3, 0.4) is 0 Å². The van der Waals surface area contributed by atoms with Crippen LogP contribution in [0.4, 0.5) is 5.69 Å². The van der Waals surface area contributed by atoms with Crippen LogP contribution in [0.5, 0.6) is 0 Å². The zero-order valence-corrected chi connectivity index (χ0v) is 14.2. The summed E-state index contributed by atoms with van der Waals surface area (Å²) in [6, 6.07) is 15.4. The van der Waals surface area contributed by atoms with E-state index in [0.717, 1.165) is 16.8 Å². The van der Waals surface area contributed by atoms with Gasteiger partial charge in [-0.25, -0.2) is 4.98 Å². The van der Waals surface area contributed by atoms with Gasteiger partial charge in [-0.15, -0.1) is 0 Å². The average Bonchev–Trinajstić information content (AvgIpc) is 2.65. The highest BCUT2D eigenvalue weighted by atomic mass is 16.1. The van der Waals surface area contributed by atoms with Gasteiger partial charge in [0.2, 0.25) is 0 Å². The summed E-state index contributed by atoms with van der Waals surface area (Å²) in [6.45, 7) is 0.253. The van der Waals surface area contributed by atoms with Crippen LogP contribution in [0.25, 0.3) is 11.0 Å². The third kappa shape index (κ3) is 4.12. The number of rotatable bonds is 3. The van der Waals surface area contributed by atoms with Crippen LogP contribution in [0.1, 0.15) is 16.1 Å². The number of carbonyl (C=O) groups excluding carboxylic acids is 1. The molecule has 3 aromatic rings. The average molecular weight is 330 g/mol. The molecule has 1 N–H and O–H groups in total. The number of benzene rings is 2. The molecule has 2 aromatic carbocycles. The summed E-state index contributed by atoms with van der Waals surface area (Å²) in [5.41, 5.74) is 3.78. The fourth-order valence-electron chi connectivity index (χ4n) is 2.27. The summed E-state index contributed by atoms with van der Waals surface area (Å²) < 4.78 is 0. The fourth-order valence-corrected chi connectivity index (χ4v) is 2.27. The van der Waals surface area contributed by atoms with Gasteiger partial charge in [-0.3, -0.25) is 9.78 Å². The Morgan fingerprint density at radius 3 is 2.52 bits per heavy atom. The topological polar surface area (TPSA) is 58.1 Å². The molecule has 0 saturated carbocycles. The molecule has 124 valence electrons. The summed E-state index contributed by atoms with van der Waals surface area (Å²) in [7, 11) is 3.98. The molecule has 3 rings (SSSR count). The monoisotopic (exact) mass is 330 g/mol. The Hall–Kier alpha value is -3.39. The van der Waals surface area contributed by atoms with E-state index in [9.17, 15) is 4.79 Å². The predicted molar refractivity (Wildman–Crippen MR) is 99.5 cm³/mol. The van der Waals surface area contributed by atoms with Gasteiger partial charge >= 0.3 is 0 Å². The van der Waals surface area contributed by atoms with E-state index in [1.807, 2.05) is 67.5 Å². The number of aromatic nitrogens is 2. The molecule has 0 saturated heterocycles. The molecule has 5 heteroatoms. The normalized spacial score (nSPS) is 10.0. The Balaban J connectivity index is 1.60. The molecular formula is C20H18N4O. The number of amides is 1. The maximum absolute atomic E-state index is 12.1. The SMILES string of the molecule is CN(C)c1ccc(C#CCNC(=O)c2cnc3ccccc3n2)cc1. The number of para-hydroxylation sites is 2. The van der Waals surface area contributed by atoms with Crippen molar-refractivity contribution in [1.29, 1.82) is 0 Å². The molecule has 0 spiro atoms. The van der Waals surface area contributed by atoms with Crippen molar-refractivity contribution in [2.75, 3.05) is 25.5 Å². The van der Waals surface area contributed by atoms with E-state index in [2.05, 4.69) is 27.1 Å². The van der Waals surface area contributed by atoms with Crippen molar-refractivity contribution in [3.8, 4) is 11.8 Å². The van der Waals surface area contributed by atoms with Gasteiger partial charge < -0.3 is 10.2 Å². The third-order valence-electron chi connectivity index (χ3n) is 3.63. The maximum Gasteiger partial charge on any atom is 0.272 e. The van der Waals surface area contributed by atoms with Crippen molar-refractivity contribution in [3.63, 3.8) is 0 Å². The Labute approximate surface area is 146 Å². The van der Waals surface area contributed by atoms with Gasteiger partial charge in [0.1, 0.15) is 5.69 Å². The third-order valence-corrected chi connectivity index (χ3v) is 3.63. The quantitative estimate of drug-likeness (QED) is 0.750. The Bertz CT molecular complexity index is 953. The molecule has 0 aliphatic carbocycles. The smallest absolute Gasteiger partial charge is 0.272 e. The van der Waals surface area contributed by atoms with E-state index in [4.69, 9.17) is 0 Å². The van der Waals surface area contributed by atoms with Crippen molar-refractivity contribution in [3.05, 3.63) is 66.0 Å². The van der Waals surface area contributed by atoms with E-state index in [1.165, 1.54) is 6.20 Å². The highest BCUT2D eigenvalue weighted by Crippen LogP contribution is 2.11. The summed E-state index contributed by atoms with van der Waals surface area (Å²) in [5, 5.41) is 2.74. The van der Waals surface area contributed by atoms with E-state index in [-0.39, 0.29) is 18.1 Å². The molecule has 0 unspecified atom stereocenters. The molecule has 0 bridgehead atoms. The van der Waals surface area contributed by atoms with E-state index < -0.39 is 0 Å². The van der Waals surface area contributed by atoms with Gasteiger partial charge in [0.15, 0.2) is 0 Å². The number of hydrogen-bond acceptors (Lipinski definition) is 4. The molecule has 1 amide bonds. The lowest BCUT2D eigenvalue weighted by molar-refractivity contribution is 0.0953. The molecule has 1 heterocycles. The number of nitrogens with one attached hydrogen (secondary N) is 1. The lowest BCUT2D eigenvalue weighted by Gasteiger charge is -2.11. The number of hydrogen-bond donors (Lipinski definition) is 1. The van der Waals surface area contributed by atoms with Crippen LogP contribution in [-0.2, 0) is 0 Å². The minimum absolute atomic E-state index is 0.253. The molecule has 25 heavy (non-hydrogen) atoms. The zero-order chi connectivity index (χ0) is 17.6. The Kier molecular flexibility index (Phi) is 4.91. The molecule has 0 atom stereocenters. The van der Waals surface area contributed by atoms with Crippen LogP contribution >= 0.6 is 0 Å². The second-order valence-electron chi connectivity index (χ2n) is 5.67. The largest absolute Gasteiger partial charge is 0.378 e. The maximum atomic E-state index is 12.1. The van der Waals surface area contributed by atoms with Crippen LogP contribution in [0.15, 0.2) is 54.7 Å². The van der Waals surface area contributed by atoms with Gasteiger partial charge in [-0.2, -0.15) is 0 Å². The number of nitrogens with zero attached hydrogens (tertiary/aromatic N) is 3. The highest BCUT2D eigenvalue weighted by molar-refractivity contribution is 5.93. The molecule has 0 aliphatic heterocycles. The van der Waals surface area contributed by atoms with Crippen molar-refractivity contribution >= 4 is 22.6 Å². The first-order valence-electron chi connectivity index (χ1n) is 7.90. The number of fused-ring (bicyclic) bond motifs is 1. The van der Waals surface area contributed by atoms with Gasteiger partial charge in [0.25, 0.3) is 5.91 Å². The van der Waals surface area contributed by atoms with Gasteiger partial charge in [0, 0.05) is 25.3 Å². The summed E-state index contributed by atoms with van der Waals surface area (Å²) in [5.74, 6) is 5.69. The molecule has 1 aromatic heterocycles. The minimum atomic E-state index is -0.282. The zero-order valence-electron chi connectivity index (χ0n) is 14.2. The van der Waals surface area contributed by atoms with E-state index in [1.54, 1.807) is 0 Å². The molecule has 0 radical (unpaired) electrons. The van der Waals surface area contributed by atoms with Crippen LogP contribution in [0, 0.1) is 11.8 Å². The van der Waals surface area contributed by atoms with E-state index in [0.29, 0.717) is 5.52 Å². The van der Waals surface area contributed by atoms with Gasteiger partial charge in [0.05, 0.1) is 23.8 Å². The van der Waals surface area contributed by atoms with Crippen LogP contribution in [0.2, 0.25) is 0 Å². The van der Waals surface area contributed by atoms with Crippen LogP contribution in [-0.4, -0.2) is 36.5 Å². The lowest BCUT2D eigenvalue weighted by Crippen LogP contribution is -2.24. The minimum Gasteiger partial charge on any atom is -0.378 e. The van der Waals surface area contributed by atoms with Crippen molar-refractivity contribution in [1.82, 2.24) is 15.3 Å². The van der Waals surface area contributed by atoms with E-state index >= 15 is 0 Å². The molecule has 0 fully saturated rings. The van der Waals surface area contributed by atoms with Crippen molar-refractivity contribution in [2.45, 2.75) is 0 Å². The summed E-state index contributed by atoms with van der Waals surface area (Å²) in [4.78, 5) is 22.7. The molecular weight excluding hydrogens is 312 g/mol. The lowest BCUT2D eigenvalue weighted by atomic mass is 10.2. The van der Waals surface area contributed by atoms with Crippen molar-refractivity contribution < 1.29 is 4.79 Å². The Morgan fingerprint density at radius 2 is 1.80 bits per heavy atom. The first-order chi connectivity index (χ1) is 12.1. The molecule has 0 aliphatic rings. The highest BCUT2D eigenvalue weighted by Gasteiger charge is 2.07. The second kappa shape index (κ2) is 7.45. The van der Waals surface area contributed by atoms with Crippen molar-refractivity contribution in [2.24, 2.45) is 0 Å². The standard InChI is InChI=1S/C20H18N4O/c1-24(2)16-11-9-15(10-12-16)6-5-13-21-20(25)19-14-22-17-7-3-4-8-18(17)23-19/h3-4,7-12,14H,13H2,1-2H3,(H,21,25). The second-order valence-corrected chi connectivity index (χ2v) is 5.67. The predicted octanol–water partition coefficient (Wildman–Crippen LogP) is 2.48. The first kappa shape index (κ1) is 16.5. The number of carbonyl (C=O) groups is 1. The fraction of sp³-hybridized carbons (Fsp3) is 0.150. The molecule has 5 nitrogen and oxygen atoms in total. The first-order valence-corrected chi connectivity index (χ1v) is 7.90. The van der Waals surface area contributed by atoms with Crippen LogP contribution < -0.4 is 10.2 Å². The van der Waals surface area contributed by atoms with Gasteiger partial charge in [-0.05, 0) is 36.4 Å². The van der Waals surface area contributed by atoms with Gasteiger partial charge in [-0.1, -0.05) is 24.0 Å². The Morgan fingerprint density at radius 1 is 1.08 bits per heavy atom.